The van der Waals surface area contributed by atoms with Crippen molar-refractivity contribution in [1.82, 2.24) is 10.2 Å². The molecule has 0 fully saturated rings. The lowest BCUT2D eigenvalue weighted by atomic mass is 10.2. The van der Waals surface area contributed by atoms with Crippen LogP contribution in [0, 0.1) is 11.3 Å². The maximum Gasteiger partial charge on any atom is 0.342 e. The Bertz CT molecular complexity index is 747. The van der Waals surface area contributed by atoms with Crippen LogP contribution in [0.3, 0.4) is 0 Å². The molecule has 23 heavy (non-hydrogen) atoms. The fourth-order valence-electron chi connectivity index (χ4n) is 1.58. The molecular formula is C15H13N3O4S. The van der Waals surface area contributed by atoms with Gasteiger partial charge in [-0.2, -0.15) is 5.26 Å². The molecule has 0 aliphatic heterocycles. The van der Waals surface area contributed by atoms with Crippen molar-refractivity contribution in [3.63, 3.8) is 0 Å². The summed E-state index contributed by atoms with van der Waals surface area (Å²) < 4.78 is 10.4. The highest BCUT2D eigenvalue weighted by atomic mass is 32.2. The molecule has 0 saturated heterocycles. The van der Waals surface area contributed by atoms with Crippen LogP contribution in [0.15, 0.2) is 38.8 Å². The van der Waals surface area contributed by atoms with E-state index in [1.807, 2.05) is 13.0 Å². The lowest BCUT2D eigenvalue weighted by Crippen LogP contribution is -1.97. The van der Waals surface area contributed by atoms with Crippen molar-refractivity contribution in [3.8, 4) is 11.8 Å². The molecule has 0 spiro atoms. The summed E-state index contributed by atoms with van der Waals surface area (Å²) in [4.78, 5) is 11.4. The van der Waals surface area contributed by atoms with E-state index in [9.17, 15) is 9.90 Å². The molecule has 1 aromatic heterocycles. The van der Waals surface area contributed by atoms with Gasteiger partial charge in [0.2, 0.25) is 5.89 Å². The van der Waals surface area contributed by atoms with Crippen LogP contribution >= 0.6 is 11.8 Å². The molecule has 0 amide bonds. The van der Waals surface area contributed by atoms with E-state index in [0.717, 1.165) is 11.8 Å². The van der Waals surface area contributed by atoms with Gasteiger partial charge in [0.05, 0.1) is 0 Å². The molecule has 0 unspecified atom stereocenters. The van der Waals surface area contributed by atoms with Gasteiger partial charge < -0.3 is 14.3 Å². The largest absolute Gasteiger partial charge is 0.479 e. The van der Waals surface area contributed by atoms with E-state index in [0.29, 0.717) is 23.6 Å². The number of carboxylic acid groups (broad SMARTS) is 1. The fourth-order valence-corrected chi connectivity index (χ4v) is 2.27. The number of carboxylic acids is 1. The molecule has 0 atom stereocenters. The molecule has 0 aliphatic rings. The Morgan fingerprint density at radius 3 is 2.74 bits per heavy atom. The van der Waals surface area contributed by atoms with E-state index in [1.165, 1.54) is 6.08 Å². The number of nitrogens with zero attached hydrogens (tertiary/aromatic N) is 3. The Balaban J connectivity index is 2.14. The highest BCUT2D eigenvalue weighted by Crippen LogP contribution is 2.28. The van der Waals surface area contributed by atoms with Crippen LogP contribution in [0.4, 0.5) is 0 Å². The number of rotatable bonds is 7. The molecule has 118 valence electrons. The molecular weight excluding hydrogens is 318 g/mol. The molecule has 0 saturated carbocycles. The molecule has 0 radical (unpaired) electrons. The number of benzene rings is 1. The smallest absolute Gasteiger partial charge is 0.342 e. The predicted octanol–water partition coefficient (Wildman–Crippen LogP) is 2.75. The molecule has 2 rings (SSSR count). The summed E-state index contributed by atoms with van der Waals surface area (Å²) in [7, 11) is 0. The summed E-state index contributed by atoms with van der Waals surface area (Å²) in [5.41, 5.74) is 0.675. The number of carbonyl (C=O) groups is 1. The fraction of sp³-hybridized carbons (Fsp3) is 0.200. The number of aryl methyl sites for hydroxylation is 1. The summed E-state index contributed by atoms with van der Waals surface area (Å²) in [6.45, 7) is 1.83. The lowest BCUT2D eigenvalue weighted by Gasteiger charge is -2.02. The first-order chi connectivity index (χ1) is 11.1. The third-order valence-corrected chi connectivity index (χ3v) is 3.49. The van der Waals surface area contributed by atoms with E-state index in [-0.39, 0.29) is 16.7 Å². The van der Waals surface area contributed by atoms with Crippen LogP contribution in [-0.2, 0) is 11.2 Å². The molecule has 8 heteroatoms. The van der Waals surface area contributed by atoms with E-state index < -0.39 is 5.97 Å². The average Bonchev–Trinajstić information content (AvgIpc) is 3.01. The van der Waals surface area contributed by atoms with E-state index in [1.54, 1.807) is 24.3 Å². The van der Waals surface area contributed by atoms with Crippen molar-refractivity contribution in [2.75, 3.05) is 6.61 Å². The predicted molar refractivity (Wildman–Crippen MR) is 82.7 cm³/mol. The SMILES string of the molecule is CCc1nnc(S/C(=C\c2ccc(OCC#N)cc2)C(=O)O)o1. The van der Waals surface area contributed by atoms with Crippen molar-refractivity contribution in [3.05, 3.63) is 40.6 Å². The number of hydrogen-bond donors (Lipinski definition) is 1. The molecule has 1 aromatic carbocycles. The third kappa shape index (κ3) is 4.86. The molecule has 0 aliphatic carbocycles. The van der Waals surface area contributed by atoms with Crippen LogP contribution in [0.25, 0.3) is 6.08 Å². The van der Waals surface area contributed by atoms with Crippen LogP contribution in [0.1, 0.15) is 18.4 Å². The Labute approximate surface area is 136 Å². The summed E-state index contributed by atoms with van der Waals surface area (Å²) >= 11 is 0.893. The van der Waals surface area contributed by atoms with Gasteiger partial charge in [0, 0.05) is 6.42 Å². The quantitative estimate of drug-likeness (QED) is 0.609. The van der Waals surface area contributed by atoms with Crippen LogP contribution in [0.2, 0.25) is 0 Å². The first-order valence-electron chi connectivity index (χ1n) is 6.67. The standard InChI is InChI=1S/C15H13N3O4S/c1-2-13-17-18-15(22-13)23-12(14(19)20)9-10-3-5-11(6-4-10)21-8-7-16/h3-6,9H,2,8H2,1H3,(H,19,20)/b12-9-. The summed E-state index contributed by atoms with van der Waals surface area (Å²) in [6, 6.07) is 8.59. The van der Waals surface area contributed by atoms with Crippen molar-refractivity contribution in [2.45, 2.75) is 18.6 Å². The van der Waals surface area contributed by atoms with Gasteiger partial charge in [0.1, 0.15) is 16.7 Å². The molecule has 7 nitrogen and oxygen atoms in total. The van der Waals surface area contributed by atoms with Crippen molar-refractivity contribution in [2.24, 2.45) is 0 Å². The van der Waals surface area contributed by atoms with Crippen molar-refractivity contribution >= 4 is 23.8 Å². The van der Waals surface area contributed by atoms with Crippen LogP contribution in [0.5, 0.6) is 5.75 Å². The Hall–Kier alpha value is -2.79. The maximum absolute atomic E-state index is 11.4. The highest BCUT2D eigenvalue weighted by molar-refractivity contribution is 8.03. The summed E-state index contributed by atoms with van der Waals surface area (Å²) in [6.07, 6.45) is 2.08. The number of aliphatic carboxylic acids is 1. The number of nitriles is 1. The molecule has 0 bridgehead atoms. The number of thioether (sulfide) groups is 1. The molecule has 1 N–H and O–H groups in total. The van der Waals surface area contributed by atoms with Gasteiger partial charge in [-0.3, -0.25) is 0 Å². The van der Waals surface area contributed by atoms with Gasteiger partial charge >= 0.3 is 5.97 Å². The third-order valence-electron chi connectivity index (χ3n) is 2.64. The van der Waals surface area contributed by atoms with Gasteiger partial charge in [-0.05, 0) is 35.5 Å². The first kappa shape index (κ1) is 16.6. The normalized spacial score (nSPS) is 11.0. The minimum absolute atomic E-state index is 0.0393. The Morgan fingerprint density at radius 1 is 1.43 bits per heavy atom. The van der Waals surface area contributed by atoms with E-state index in [4.69, 9.17) is 14.4 Å². The Kier molecular flexibility index (Phi) is 5.77. The van der Waals surface area contributed by atoms with Crippen LogP contribution in [-0.4, -0.2) is 27.9 Å². The van der Waals surface area contributed by atoms with E-state index in [2.05, 4.69) is 10.2 Å². The van der Waals surface area contributed by atoms with Gasteiger partial charge in [0.15, 0.2) is 6.61 Å². The van der Waals surface area contributed by atoms with Crippen molar-refractivity contribution in [1.29, 1.82) is 5.26 Å². The minimum Gasteiger partial charge on any atom is -0.479 e. The second-order valence-corrected chi connectivity index (χ2v) is 5.24. The second-order valence-electron chi connectivity index (χ2n) is 4.25. The summed E-state index contributed by atoms with van der Waals surface area (Å²) in [5.74, 6) is -0.0926. The number of hydrogen-bond acceptors (Lipinski definition) is 7. The zero-order valence-electron chi connectivity index (χ0n) is 12.2. The highest BCUT2D eigenvalue weighted by Gasteiger charge is 2.14. The summed E-state index contributed by atoms with van der Waals surface area (Å²) in [5, 5.41) is 25.5. The van der Waals surface area contributed by atoms with Gasteiger partial charge in [-0.15, -0.1) is 10.2 Å². The average molecular weight is 331 g/mol. The van der Waals surface area contributed by atoms with Gasteiger partial charge in [0.25, 0.3) is 5.22 Å². The first-order valence-corrected chi connectivity index (χ1v) is 7.49. The number of aromatic nitrogens is 2. The van der Waals surface area contributed by atoms with Gasteiger partial charge in [-0.25, -0.2) is 4.79 Å². The Morgan fingerprint density at radius 2 is 2.17 bits per heavy atom. The monoisotopic (exact) mass is 331 g/mol. The second kappa shape index (κ2) is 8.00. The maximum atomic E-state index is 11.4. The van der Waals surface area contributed by atoms with Crippen molar-refractivity contribution < 1.29 is 19.1 Å². The minimum atomic E-state index is -1.09. The van der Waals surface area contributed by atoms with Gasteiger partial charge in [-0.1, -0.05) is 19.1 Å². The zero-order valence-corrected chi connectivity index (χ0v) is 13.0. The molecule has 2 aromatic rings. The molecule has 1 heterocycles. The van der Waals surface area contributed by atoms with Crippen LogP contribution < -0.4 is 4.74 Å². The zero-order chi connectivity index (χ0) is 16.7. The lowest BCUT2D eigenvalue weighted by molar-refractivity contribution is -0.131. The number of ether oxygens (including phenoxy) is 1. The van der Waals surface area contributed by atoms with E-state index >= 15 is 0 Å². The topological polar surface area (TPSA) is 109 Å².